The zero-order valence-corrected chi connectivity index (χ0v) is 39.5. The Morgan fingerprint density at radius 2 is 0.690 bits per heavy atom. The first-order valence-corrected chi connectivity index (χ1v) is 26.5. The van der Waals surface area contributed by atoms with Crippen LogP contribution >= 0.6 is 0 Å². The summed E-state index contributed by atoms with van der Waals surface area (Å²) in [7, 11) is 0. The van der Waals surface area contributed by atoms with E-state index in [0.29, 0.717) is 12.8 Å². The van der Waals surface area contributed by atoms with Gasteiger partial charge in [0, 0.05) is 6.42 Å². The predicted octanol–water partition coefficient (Wildman–Crippen LogP) is 15.9. The van der Waals surface area contributed by atoms with Gasteiger partial charge in [-0.1, -0.05) is 264 Å². The van der Waals surface area contributed by atoms with Crippen molar-refractivity contribution in [2.24, 2.45) is 0 Å². The first kappa shape index (κ1) is 57.1. The predicted molar refractivity (Wildman–Crippen MR) is 255 cm³/mol. The molecule has 0 bridgehead atoms. The van der Waals surface area contributed by atoms with Crippen molar-refractivity contribution in [3.05, 3.63) is 12.2 Å². The van der Waals surface area contributed by atoms with Crippen molar-refractivity contribution >= 4 is 5.91 Å². The first-order chi connectivity index (χ1) is 28.6. The monoisotopic (exact) mass is 820 g/mol. The van der Waals surface area contributed by atoms with Gasteiger partial charge in [-0.3, -0.25) is 4.79 Å². The lowest BCUT2D eigenvalue weighted by Crippen LogP contribution is -2.50. The highest BCUT2D eigenvalue weighted by Gasteiger charge is 2.26. The molecule has 0 aliphatic heterocycles. The van der Waals surface area contributed by atoms with E-state index < -0.39 is 18.2 Å². The summed E-state index contributed by atoms with van der Waals surface area (Å²) in [6.45, 7) is 4.20. The Kier molecular flexibility index (Phi) is 48.0. The number of carbonyl (C=O) groups is 1. The Morgan fingerprint density at radius 3 is 1.00 bits per heavy atom. The highest BCUT2D eigenvalue weighted by atomic mass is 16.3. The van der Waals surface area contributed by atoms with Crippen LogP contribution in [0.25, 0.3) is 0 Å². The molecule has 4 N–H and O–H groups in total. The maximum Gasteiger partial charge on any atom is 0.220 e. The number of amides is 1. The van der Waals surface area contributed by atoms with Crippen LogP contribution in [0.2, 0.25) is 0 Å². The number of nitrogens with one attached hydrogen (secondary N) is 1. The van der Waals surface area contributed by atoms with Crippen LogP contribution in [0.3, 0.4) is 0 Å². The largest absolute Gasteiger partial charge is 0.394 e. The summed E-state index contributed by atoms with van der Waals surface area (Å²) >= 11 is 0. The van der Waals surface area contributed by atoms with Gasteiger partial charge in [-0.05, 0) is 38.5 Å². The van der Waals surface area contributed by atoms with Crippen LogP contribution in [0.1, 0.15) is 296 Å². The molecule has 0 aromatic rings. The van der Waals surface area contributed by atoms with E-state index in [1.54, 1.807) is 0 Å². The fourth-order valence-electron chi connectivity index (χ4n) is 8.52. The molecule has 0 aliphatic carbocycles. The molecular formula is C53H105NO4. The third-order valence-electron chi connectivity index (χ3n) is 12.6. The lowest BCUT2D eigenvalue weighted by atomic mass is 10.0. The molecule has 0 spiro atoms. The number of aliphatic hydroxyl groups is 3. The Morgan fingerprint density at radius 1 is 0.414 bits per heavy atom. The Balaban J connectivity index is 3.53. The third kappa shape index (κ3) is 43.2. The molecule has 1 amide bonds. The number of aliphatic hydroxyl groups excluding tert-OH is 3. The highest BCUT2D eigenvalue weighted by Crippen LogP contribution is 2.18. The Hall–Kier alpha value is -0.910. The van der Waals surface area contributed by atoms with Gasteiger partial charge in [-0.15, -0.1) is 0 Å². The van der Waals surface area contributed by atoms with E-state index in [-0.39, 0.29) is 12.5 Å². The minimum Gasteiger partial charge on any atom is -0.394 e. The van der Waals surface area contributed by atoms with Gasteiger partial charge in [0.25, 0.3) is 0 Å². The standard InChI is InChI=1S/C53H105NO4/c1-3-5-7-9-11-13-15-17-19-21-22-23-24-25-26-27-28-29-30-32-34-36-38-40-42-44-46-48-52(57)54-50(49-55)53(58)51(56)47-45-43-41-39-37-35-33-31-20-18-16-14-12-10-8-6-4-2/h39,41,50-51,53,55-56,58H,3-38,40,42-49H2,1-2H3,(H,54,57)/b41-39+. The molecule has 0 saturated heterocycles. The summed E-state index contributed by atoms with van der Waals surface area (Å²) in [5.74, 6) is -0.148. The molecule has 3 unspecified atom stereocenters. The molecule has 0 aromatic carbocycles. The molecule has 0 radical (unpaired) electrons. The molecule has 0 heterocycles. The lowest BCUT2D eigenvalue weighted by Gasteiger charge is -2.26. The van der Waals surface area contributed by atoms with Gasteiger partial charge < -0.3 is 20.6 Å². The van der Waals surface area contributed by atoms with E-state index >= 15 is 0 Å². The fourth-order valence-corrected chi connectivity index (χ4v) is 8.52. The van der Waals surface area contributed by atoms with Crippen molar-refractivity contribution < 1.29 is 20.1 Å². The van der Waals surface area contributed by atoms with Crippen LogP contribution in [0.15, 0.2) is 12.2 Å². The molecule has 0 rings (SSSR count). The maximum absolute atomic E-state index is 12.5. The second-order valence-corrected chi connectivity index (χ2v) is 18.4. The van der Waals surface area contributed by atoms with E-state index in [1.807, 2.05) is 0 Å². The molecule has 5 nitrogen and oxygen atoms in total. The van der Waals surface area contributed by atoms with Crippen molar-refractivity contribution in [1.29, 1.82) is 0 Å². The smallest absolute Gasteiger partial charge is 0.220 e. The first-order valence-electron chi connectivity index (χ1n) is 26.5. The summed E-state index contributed by atoms with van der Waals surface area (Å²) in [5, 5.41) is 33.7. The normalized spacial score (nSPS) is 13.4. The number of hydrogen-bond acceptors (Lipinski definition) is 4. The maximum atomic E-state index is 12.5. The molecule has 58 heavy (non-hydrogen) atoms. The number of unbranched alkanes of at least 4 members (excludes halogenated alkanes) is 39. The molecule has 0 aliphatic rings. The second kappa shape index (κ2) is 48.8. The second-order valence-electron chi connectivity index (χ2n) is 18.4. The Labute approximate surface area is 363 Å². The van der Waals surface area contributed by atoms with Gasteiger partial charge in [0.1, 0.15) is 6.10 Å². The molecule has 3 atom stereocenters. The summed E-state index contributed by atoms with van der Waals surface area (Å²) in [5.41, 5.74) is 0. The van der Waals surface area contributed by atoms with Crippen LogP contribution in [0, 0.1) is 0 Å². The number of allylic oxidation sites excluding steroid dienone is 2. The number of carbonyl (C=O) groups excluding carboxylic acids is 1. The van der Waals surface area contributed by atoms with Crippen molar-refractivity contribution in [3.8, 4) is 0 Å². The summed E-state index contributed by atoms with van der Waals surface area (Å²) in [6.07, 6.45) is 59.3. The van der Waals surface area contributed by atoms with E-state index in [9.17, 15) is 20.1 Å². The molecule has 0 aromatic heterocycles. The minimum absolute atomic E-state index is 0.148. The van der Waals surface area contributed by atoms with E-state index in [0.717, 1.165) is 38.5 Å². The van der Waals surface area contributed by atoms with Crippen molar-refractivity contribution in [1.82, 2.24) is 5.32 Å². The van der Waals surface area contributed by atoms with Gasteiger partial charge in [-0.2, -0.15) is 0 Å². The van der Waals surface area contributed by atoms with Gasteiger partial charge in [0.05, 0.1) is 18.8 Å². The van der Waals surface area contributed by atoms with E-state index in [2.05, 4.69) is 31.3 Å². The molecule has 5 heteroatoms. The van der Waals surface area contributed by atoms with Crippen LogP contribution in [0.5, 0.6) is 0 Å². The zero-order valence-electron chi connectivity index (χ0n) is 39.5. The van der Waals surface area contributed by atoms with Crippen molar-refractivity contribution in [2.45, 2.75) is 315 Å². The summed E-state index contributed by atoms with van der Waals surface area (Å²) in [4.78, 5) is 12.5. The summed E-state index contributed by atoms with van der Waals surface area (Å²) in [6, 6.07) is -0.822. The lowest BCUT2D eigenvalue weighted by molar-refractivity contribution is -0.124. The van der Waals surface area contributed by atoms with Crippen molar-refractivity contribution in [3.63, 3.8) is 0 Å². The average molecular weight is 820 g/mol. The Bertz CT molecular complexity index is 818. The molecule has 0 fully saturated rings. The van der Waals surface area contributed by atoms with Gasteiger partial charge in [-0.25, -0.2) is 0 Å². The van der Waals surface area contributed by atoms with Crippen LogP contribution < -0.4 is 5.32 Å². The van der Waals surface area contributed by atoms with Gasteiger partial charge in [0.15, 0.2) is 0 Å². The van der Waals surface area contributed by atoms with Crippen LogP contribution in [0.4, 0.5) is 0 Å². The summed E-state index contributed by atoms with van der Waals surface area (Å²) < 4.78 is 0. The molecule has 346 valence electrons. The zero-order chi connectivity index (χ0) is 42.3. The quantitative estimate of drug-likeness (QED) is 0.0364. The van der Waals surface area contributed by atoms with Gasteiger partial charge >= 0.3 is 0 Å². The minimum atomic E-state index is -1.15. The van der Waals surface area contributed by atoms with Crippen molar-refractivity contribution in [2.75, 3.05) is 6.61 Å². The fraction of sp³-hybridized carbons (Fsp3) is 0.943. The van der Waals surface area contributed by atoms with E-state index in [1.165, 1.54) is 231 Å². The number of rotatable bonds is 49. The van der Waals surface area contributed by atoms with E-state index in [4.69, 9.17) is 0 Å². The molecular weight excluding hydrogens is 715 g/mol. The topological polar surface area (TPSA) is 89.8 Å². The van der Waals surface area contributed by atoms with Gasteiger partial charge in [0.2, 0.25) is 5.91 Å². The third-order valence-corrected chi connectivity index (χ3v) is 12.6. The molecule has 0 saturated carbocycles. The average Bonchev–Trinajstić information content (AvgIpc) is 3.23. The number of hydrogen-bond donors (Lipinski definition) is 4. The SMILES string of the molecule is CCCCCCCCCCCCCC/C=C/CCCC(O)C(O)C(CO)NC(=O)CCCCCCCCCCCCCCCCCCCCCCCCCCCCC. The van der Waals surface area contributed by atoms with Crippen LogP contribution in [-0.4, -0.2) is 46.1 Å². The van der Waals surface area contributed by atoms with Crippen LogP contribution in [-0.2, 0) is 4.79 Å². The highest BCUT2D eigenvalue weighted by molar-refractivity contribution is 5.76.